The van der Waals surface area contributed by atoms with Gasteiger partial charge in [-0.05, 0) is 103 Å². The second-order valence-corrected chi connectivity index (χ2v) is 16.5. The van der Waals surface area contributed by atoms with Gasteiger partial charge in [-0.15, -0.1) is 0 Å². The normalized spacial score (nSPS) is 30.8. The number of carbonyl (C=O) groups is 2. The molecule has 0 saturated carbocycles. The highest BCUT2D eigenvalue weighted by Crippen LogP contribution is 2.45. The predicted octanol–water partition coefficient (Wildman–Crippen LogP) is 8.44. The predicted molar refractivity (Wildman–Crippen MR) is 192 cm³/mol. The van der Waals surface area contributed by atoms with Crippen LogP contribution < -0.4 is 0 Å². The Hall–Kier alpha value is -1.74. The number of aliphatic hydroxyl groups excluding tert-OH is 3. The number of carboxylic acid groups (broad SMARTS) is 1. The van der Waals surface area contributed by atoms with Gasteiger partial charge in [-0.2, -0.15) is 0 Å². The molecule has 0 aromatic heterocycles. The summed E-state index contributed by atoms with van der Waals surface area (Å²) in [5, 5.41) is 41.1. The Morgan fingerprint density at radius 1 is 0.833 bits per heavy atom. The number of rotatable bonds is 21. The topological polar surface area (TPSA) is 134 Å². The molecule has 13 atom stereocenters. The number of ether oxygens (including phenoxy) is 2. The number of carbonyl (C=O) groups excluding carboxylic acids is 1. The van der Waals surface area contributed by atoms with Crippen molar-refractivity contribution in [3.05, 3.63) is 24.0 Å². The van der Waals surface area contributed by atoms with Crippen LogP contribution in [0, 0.1) is 41.4 Å². The molecular weight excluding hydrogens is 608 g/mol. The van der Waals surface area contributed by atoms with Crippen molar-refractivity contribution in [1.82, 2.24) is 0 Å². The molecule has 2 heterocycles. The summed E-state index contributed by atoms with van der Waals surface area (Å²) in [6, 6.07) is 0. The van der Waals surface area contributed by atoms with Crippen LogP contribution in [0.5, 0.6) is 0 Å². The first kappa shape index (κ1) is 42.4. The fraction of sp³-hybridized carbons (Fsp3) is 0.850. The molecule has 8 nitrogen and oxygen atoms in total. The summed E-state index contributed by atoms with van der Waals surface area (Å²) in [6.45, 7) is 19.9. The SMILES string of the molecule is CC[C@@H](C[C@@H](C)C[C@H](C)C[C@H](C)C(=O)O)C(=O)/C=C(\O)[C@H](C)C[C@H](C)C/C=C/[C@H](C)[C@@H](O)CC1CCC(C)(C2CCC(C)([C@@H](C)O)O2)O1. The van der Waals surface area contributed by atoms with Crippen LogP contribution in [0.3, 0.4) is 0 Å². The maximum atomic E-state index is 13.1. The van der Waals surface area contributed by atoms with Crippen LogP contribution in [0.4, 0.5) is 0 Å². The largest absolute Gasteiger partial charge is 0.512 e. The molecular formula is C40H70O8. The van der Waals surface area contributed by atoms with Crippen LogP contribution in [-0.4, -0.2) is 67.8 Å². The number of hydrogen-bond acceptors (Lipinski definition) is 7. The van der Waals surface area contributed by atoms with Crippen molar-refractivity contribution in [2.45, 2.75) is 175 Å². The lowest BCUT2D eigenvalue weighted by molar-refractivity contribution is -0.171. The Morgan fingerprint density at radius 3 is 2.04 bits per heavy atom. The minimum atomic E-state index is -0.767. The molecule has 2 saturated heterocycles. The van der Waals surface area contributed by atoms with Crippen LogP contribution in [0.2, 0.25) is 0 Å². The van der Waals surface area contributed by atoms with Crippen LogP contribution >= 0.6 is 0 Å². The zero-order valence-corrected chi connectivity index (χ0v) is 31.8. The summed E-state index contributed by atoms with van der Waals surface area (Å²) < 4.78 is 12.8. The van der Waals surface area contributed by atoms with Crippen LogP contribution in [0.25, 0.3) is 0 Å². The number of aliphatic hydroxyl groups is 3. The van der Waals surface area contributed by atoms with Crippen LogP contribution in [-0.2, 0) is 19.1 Å². The van der Waals surface area contributed by atoms with Gasteiger partial charge in [-0.1, -0.05) is 60.6 Å². The summed E-state index contributed by atoms with van der Waals surface area (Å²) in [6.07, 6.45) is 13.0. The summed E-state index contributed by atoms with van der Waals surface area (Å²) in [5.74, 6) is -0.484. The zero-order valence-electron chi connectivity index (χ0n) is 31.8. The van der Waals surface area contributed by atoms with E-state index in [1.807, 2.05) is 27.7 Å². The molecule has 0 radical (unpaired) electrons. The monoisotopic (exact) mass is 679 g/mol. The van der Waals surface area contributed by atoms with E-state index in [-0.39, 0.29) is 53.3 Å². The zero-order chi connectivity index (χ0) is 36.4. The fourth-order valence-electron chi connectivity index (χ4n) is 7.86. The van der Waals surface area contributed by atoms with E-state index in [2.05, 4.69) is 39.8 Å². The lowest BCUT2D eigenvalue weighted by Crippen LogP contribution is -2.44. The number of allylic oxidation sites excluding steroid dienone is 3. The average molecular weight is 679 g/mol. The Balaban J connectivity index is 1.78. The third-order valence-electron chi connectivity index (χ3n) is 11.5. The van der Waals surface area contributed by atoms with Gasteiger partial charge >= 0.3 is 5.97 Å². The molecule has 4 N–H and O–H groups in total. The van der Waals surface area contributed by atoms with E-state index in [0.29, 0.717) is 31.1 Å². The van der Waals surface area contributed by atoms with Crippen molar-refractivity contribution in [1.29, 1.82) is 0 Å². The Kier molecular flexibility index (Phi) is 16.8. The lowest BCUT2D eigenvalue weighted by Gasteiger charge is -2.35. The summed E-state index contributed by atoms with van der Waals surface area (Å²) in [5.41, 5.74) is -0.928. The van der Waals surface area contributed by atoms with Gasteiger partial charge in [-0.3, -0.25) is 9.59 Å². The highest BCUT2D eigenvalue weighted by Gasteiger charge is 2.51. The van der Waals surface area contributed by atoms with Gasteiger partial charge in [0, 0.05) is 30.3 Å². The summed E-state index contributed by atoms with van der Waals surface area (Å²) in [4.78, 5) is 24.3. The molecule has 0 bridgehead atoms. The highest BCUT2D eigenvalue weighted by atomic mass is 16.6. The average Bonchev–Trinajstić information content (AvgIpc) is 3.59. The van der Waals surface area contributed by atoms with E-state index in [1.54, 1.807) is 13.8 Å². The number of carboxylic acids is 1. The fourth-order valence-corrected chi connectivity index (χ4v) is 7.86. The van der Waals surface area contributed by atoms with E-state index < -0.39 is 29.4 Å². The standard InChI is InChI=1S/C40H70O8/c1-11-32(22-27(4)19-26(3)21-30(7)38(45)46)36(44)24-35(43)29(6)20-25(2)13-12-14-28(5)34(42)23-33-15-17-40(10,47-33)37-16-18-39(9,48-37)31(8)41/h12,14,24-34,37,41-43H,11,13,15-23H2,1-10H3,(H,45,46)/b14-12+,35-24-/t25-,26+,27+,28+,29-,30+,31-,32+,33?,34+,37?,39?,40?/m1/s1. The maximum Gasteiger partial charge on any atom is 0.306 e. The van der Waals surface area contributed by atoms with E-state index in [0.717, 1.165) is 51.4 Å². The maximum absolute atomic E-state index is 13.1. The molecule has 278 valence electrons. The molecule has 0 aliphatic carbocycles. The van der Waals surface area contributed by atoms with Crippen molar-refractivity contribution in [2.24, 2.45) is 41.4 Å². The highest BCUT2D eigenvalue weighted by molar-refractivity contribution is 5.92. The number of ketones is 1. The Labute approximate surface area is 291 Å². The molecule has 4 unspecified atom stereocenters. The second-order valence-electron chi connectivity index (χ2n) is 16.5. The van der Waals surface area contributed by atoms with E-state index in [9.17, 15) is 30.0 Å². The van der Waals surface area contributed by atoms with E-state index in [4.69, 9.17) is 9.47 Å². The molecule has 2 fully saturated rings. The minimum Gasteiger partial charge on any atom is -0.512 e. The molecule has 0 aromatic rings. The molecule has 2 rings (SSSR count). The van der Waals surface area contributed by atoms with Gasteiger partial charge in [0.1, 0.15) is 0 Å². The Bertz CT molecular complexity index is 1070. The minimum absolute atomic E-state index is 0.0193. The van der Waals surface area contributed by atoms with Gasteiger partial charge in [0.2, 0.25) is 0 Å². The molecule has 48 heavy (non-hydrogen) atoms. The molecule has 8 heteroatoms. The van der Waals surface area contributed by atoms with Crippen molar-refractivity contribution in [3.8, 4) is 0 Å². The molecule has 0 amide bonds. The van der Waals surface area contributed by atoms with Crippen LogP contribution in [0.1, 0.15) is 140 Å². The van der Waals surface area contributed by atoms with Crippen molar-refractivity contribution in [2.75, 3.05) is 0 Å². The van der Waals surface area contributed by atoms with Gasteiger partial charge < -0.3 is 29.9 Å². The Morgan fingerprint density at radius 2 is 1.46 bits per heavy atom. The molecule has 2 aliphatic heterocycles. The van der Waals surface area contributed by atoms with Gasteiger partial charge in [-0.25, -0.2) is 0 Å². The molecule has 0 aromatic carbocycles. The van der Waals surface area contributed by atoms with Gasteiger partial charge in [0.05, 0.1) is 47.3 Å². The number of hydrogen-bond donors (Lipinski definition) is 4. The van der Waals surface area contributed by atoms with Gasteiger partial charge in [0.15, 0.2) is 5.78 Å². The third-order valence-corrected chi connectivity index (χ3v) is 11.5. The van der Waals surface area contributed by atoms with Gasteiger partial charge in [0.25, 0.3) is 0 Å². The first-order chi connectivity index (χ1) is 22.3. The lowest BCUT2D eigenvalue weighted by atomic mass is 9.83. The summed E-state index contributed by atoms with van der Waals surface area (Å²) >= 11 is 0. The first-order valence-electron chi connectivity index (χ1n) is 18.9. The first-order valence-corrected chi connectivity index (χ1v) is 18.9. The van der Waals surface area contributed by atoms with Crippen molar-refractivity contribution < 1.29 is 39.5 Å². The van der Waals surface area contributed by atoms with E-state index >= 15 is 0 Å². The van der Waals surface area contributed by atoms with Crippen LogP contribution in [0.15, 0.2) is 24.0 Å². The summed E-state index contributed by atoms with van der Waals surface area (Å²) in [7, 11) is 0. The number of aliphatic carboxylic acids is 1. The quantitative estimate of drug-likeness (QED) is 0.0540. The van der Waals surface area contributed by atoms with Crippen molar-refractivity contribution >= 4 is 11.8 Å². The molecule has 2 aliphatic rings. The van der Waals surface area contributed by atoms with E-state index in [1.165, 1.54) is 6.08 Å². The second kappa shape index (κ2) is 19.0. The van der Waals surface area contributed by atoms with Crippen molar-refractivity contribution in [3.63, 3.8) is 0 Å². The molecule has 0 spiro atoms. The smallest absolute Gasteiger partial charge is 0.306 e. The third kappa shape index (κ3) is 12.9.